The lowest BCUT2D eigenvalue weighted by molar-refractivity contribution is 0.449. The summed E-state index contributed by atoms with van der Waals surface area (Å²) in [7, 11) is 0. The molecule has 0 atom stereocenters. The molecule has 0 bridgehead atoms. The Labute approximate surface area is 109 Å². The van der Waals surface area contributed by atoms with Crippen molar-refractivity contribution in [3.8, 4) is 0 Å². The number of nitrogens with one attached hydrogen (secondary N) is 1. The summed E-state index contributed by atoms with van der Waals surface area (Å²) in [5.41, 5.74) is 1.41. The van der Waals surface area contributed by atoms with Crippen LogP contribution in [0.1, 0.15) is 30.4 Å². The fourth-order valence-electron chi connectivity index (χ4n) is 1.98. The minimum Gasteiger partial charge on any atom is -0.465 e. The first-order valence-corrected chi connectivity index (χ1v) is 6.70. The predicted octanol–water partition coefficient (Wildman–Crippen LogP) is 3.56. The van der Waals surface area contributed by atoms with Crippen LogP contribution in [0.25, 0.3) is 0 Å². The fraction of sp³-hybridized carbons (Fsp3) is 0.375. The molecule has 1 N–H and O–H groups in total. The fourth-order valence-corrected chi connectivity index (χ4v) is 1.98. The molecule has 2 aromatic rings. The van der Waals surface area contributed by atoms with Crippen LogP contribution >= 0.6 is 0 Å². The number of hydrogen-bond donors (Lipinski definition) is 1. The molecule has 1 aromatic carbocycles. The zero-order valence-electron chi connectivity index (χ0n) is 11.0. The first-order valence-electron chi connectivity index (χ1n) is 6.70. The van der Waals surface area contributed by atoms with Crippen LogP contribution in [0.4, 0.5) is 0 Å². The lowest BCUT2D eigenvalue weighted by Gasteiger charge is -2.03. The Morgan fingerprint density at radius 2 is 1.78 bits per heavy atom. The van der Waals surface area contributed by atoms with Gasteiger partial charge >= 0.3 is 0 Å². The molecule has 96 valence electrons. The van der Waals surface area contributed by atoms with E-state index >= 15 is 0 Å². The lowest BCUT2D eigenvalue weighted by Crippen LogP contribution is -2.14. The molecule has 0 fully saturated rings. The molecule has 2 rings (SSSR count). The van der Waals surface area contributed by atoms with Crippen molar-refractivity contribution >= 4 is 0 Å². The number of hydrogen-bond acceptors (Lipinski definition) is 2. The van der Waals surface area contributed by atoms with Gasteiger partial charge in [-0.25, -0.2) is 0 Å². The predicted molar refractivity (Wildman–Crippen MR) is 74.6 cm³/mol. The van der Waals surface area contributed by atoms with E-state index in [9.17, 15) is 0 Å². The molecule has 0 aliphatic carbocycles. The summed E-state index contributed by atoms with van der Waals surface area (Å²) in [6, 6.07) is 14.7. The molecular weight excluding hydrogens is 222 g/mol. The van der Waals surface area contributed by atoms with E-state index in [-0.39, 0.29) is 0 Å². The third-order valence-corrected chi connectivity index (χ3v) is 3.03. The normalized spacial score (nSPS) is 10.7. The van der Waals surface area contributed by atoms with Crippen LogP contribution in [0.5, 0.6) is 0 Å². The van der Waals surface area contributed by atoms with Crippen LogP contribution in [0, 0.1) is 0 Å². The zero-order valence-corrected chi connectivity index (χ0v) is 11.0. The van der Waals surface area contributed by atoms with Crippen molar-refractivity contribution in [1.29, 1.82) is 0 Å². The van der Waals surface area contributed by atoms with Gasteiger partial charge in [-0.2, -0.15) is 0 Å². The summed E-state index contributed by atoms with van der Waals surface area (Å²) in [6.07, 6.45) is 3.26. The van der Waals surface area contributed by atoms with Gasteiger partial charge in [0.05, 0.1) is 6.54 Å². The van der Waals surface area contributed by atoms with E-state index in [1.165, 1.54) is 5.56 Å². The molecule has 1 heterocycles. The lowest BCUT2D eigenvalue weighted by atomic mass is 10.1. The monoisotopic (exact) mass is 243 g/mol. The average Bonchev–Trinajstić information content (AvgIpc) is 2.87. The molecular formula is C16H21NO. The molecule has 2 heteroatoms. The largest absolute Gasteiger partial charge is 0.465 e. The molecule has 1 aromatic heterocycles. The van der Waals surface area contributed by atoms with Crippen molar-refractivity contribution in [3.05, 3.63) is 59.5 Å². The highest BCUT2D eigenvalue weighted by atomic mass is 16.3. The Bertz CT molecular complexity index is 447. The molecule has 0 aliphatic heterocycles. The maximum absolute atomic E-state index is 5.64. The maximum Gasteiger partial charge on any atom is 0.117 e. The molecule has 0 spiro atoms. The first kappa shape index (κ1) is 12.9. The van der Waals surface area contributed by atoms with Crippen LogP contribution in [-0.2, 0) is 19.4 Å². The van der Waals surface area contributed by atoms with Crippen molar-refractivity contribution in [2.45, 2.75) is 32.7 Å². The van der Waals surface area contributed by atoms with Crippen molar-refractivity contribution in [1.82, 2.24) is 5.32 Å². The number of aryl methyl sites for hydroxylation is 2. The molecule has 0 radical (unpaired) electrons. The Morgan fingerprint density at radius 3 is 2.50 bits per heavy atom. The molecule has 2 nitrogen and oxygen atoms in total. The van der Waals surface area contributed by atoms with Crippen LogP contribution in [0.2, 0.25) is 0 Å². The highest BCUT2D eigenvalue weighted by Crippen LogP contribution is 2.08. The van der Waals surface area contributed by atoms with Crippen molar-refractivity contribution in [3.63, 3.8) is 0 Å². The van der Waals surface area contributed by atoms with Gasteiger partial charge < -0.3 is 9.73 Å². The third-order valence-electron chi connectivity index (χ3n) is 3.03. The quantitative estimate of drug-likeness (QED) is 0.752. The number of furan rings is 1. The molecule has 0 amide bonds. The molecule has 18 heavy (non-hydrogen) atoms. The van der Waals surface area contributed by atoms with Gasteiger partial charge in [-0.1, -0.05) is 37.3 Å². The Morgan fingerprint density at radius 1 is 1.00 bits per heavy atom. The van der Waals surface area contributed by atoms with Gasteiger partial charge in [0.15, 0.2) is 0 Å². The van der Waals surface area contributed by atoms with Gasteiger partial charge in [-0.15, -0.1) is 0 Å². The van der Waals surface area contributed by atoms with Gasteiger partial charge in [0.25, 0.3) is 0 Å². The van der Waals surface area contributed by atoms with Crippen LogP contribution in [0.3, 0.4) is 0 Å². The topological polar surface area (TPSA) is 25.2 Å². The van der Waals surface area contributed by atoms with E-state index < -0.39 is 0 Å². The summed E-state index contributed by atoms with van der Waals surface area (Å²) < 4.78 is 5.64. The standard InChI is InChI=1S/C16H21NO/c1-2-15-10-11-16(18-15)13-17-12-6-9-14-7-4-3-5-8-14/h3-5,7-8,10-11,17H,2,6,9,12-13H2,1H3. The van der Waals surface area contributed by atoms with E-state index in [1.54, 1.807) is 0 Å². The van der Waals surface area contributed by atoms with Gasteiger partial charge in [-0.3, -0.25) is 0 Å². The second kappa shape index (κ2) is 7.02. The first-order chi connectivity index (χ1) is 8.88. The van der Waals surface area contributed by atoms with E-state index in [4.69, 9.17) is 4.42 Å². The Hall–Kier alpha value is -1.54. The highest BCUT2D eigenvalue weighted by Gasteiger charge is 1.99. The summed E-state index contributed by atoms with van der Waals surface area (Å²) in [4.78, 5) is 0. The van der Waals surface area contributed by atoms with Gasteiger partial charge in [0.2, 0.25) is 0 Å². The summed E-state index contributed by atoms with van der Waals surface area (Å²) in [5.74, 6) is 2.10. The smallest absolute Gasteiger partial charge is 0.117 e. The average molecular weight is 243 g/mol. The highest BCUT2D eigenvalue weighted by molar-refractivity contribution is 5.14. The van der Waals surface area contributed by atoms with Crippen molar-refractivity contribution in [2.24, 2.45) is 0 Å². The van der Waals surface area contributed by atoms with Gasteiger partial charge in [0.1, 0.15) is 11.5 Å². The minimum absolute atomic E-state index is 0.828. The second-order valence-electron chi connectivity index (χ2n) is 4.49. The Balaban J connectivity index is 1.61. The number of rotatable bonds is 7. The van der Waals surface area contributed by atoms with Crippen molar-refractivity contribution < 1.29 is 4.42 Å². The van der Waals surface area contributed by atoms with E-state index in [2.05, 4.69) is 54.7 Å². The van der Waals surface area contributed by atoms with Gasteiger partial charge in [0, 0.05) is 6.42 Å². The zero-order chi connectivity index (χ0) is 12.6. The summed E-state index contributed by atoms with van der Waals surface area (Å²) in [6.45, 7) is 3.96. The van der Waals surface area contributed by atoms with E-state index in [1.807, 2.05) is 0 Å². The molecule has 0 saturated carbocycles. The molecule has 0 aliphatic rings. The second-order valence-corrected chi connectivity index (χ2v) is 4.49. The molecule has 0 unspecified atom stereocenters. The SMILES string of the molecule is CCc1ccc(CNCCCc2ccccc2)o1. The third kappa shape index (κ3) is 4.04. The van der Waals surface area contributed by atoms with Crippen LogP contribution in [-0.4, -0.2) is 6.54 Å². The van der Waals surface area contributed by atoms with Gasteiger partial charge in [-0.05, 0) is 37.1 Å². The van der Waals surface area contributed by atoms with Crippen LogP contribution < -0.4 is 5.32 Å². The Kier molecular flexibility index (Phi) is 5.03. The van der Waals surface area contributed by atoms with Crippen LogP contribution in [0.15, 0.2) is 46.9 Å². The summed E-state index contributed by atoms with van der Waals surface area (Å²) in [5, 5.41) is 3.42. The van der Waals surface area contributed by atoms with E-state index in [0.29, 0.717) is 0 Å². The maximum atomic E-state index is 5.64. The summed E-state index contributed by atoms with van der Waals surface area (Å²) >= 11 is 0. The molecule has 0 saturated heterocycles. The number of benzene rings is 1. The van der Waals surface area contributed by atoms with Crippen molar-refractivity contribution in [2.75, 3.05) is 6.54 Å². The minimum atomic E-state index is 0.828. The van der Waals surface area contributed by atoms with E-state index in [0.717, 1.165) is 43.9 Å².